The van der Waals surface area contributed by atoms with Crippen LogP contribution in [0.1, 0.15) is 29.1 Å². The van der Waals surface area contributed by atoms with Crippen LogP contribution in [0, 0.1) is 5.82 Å². The summed E-state index contributed by atoms with van der Waals surface area (Å²) in [7, 11) is 0. The number of aromatic nitrogens is 3. The molecule has 4 rings (SSSR count). The Morgan fingerprint density at radius 2 is 1.82 bits per heavy atom. The summed E-state index contributed by atoms with van der Waals surface area (Å²) in [6.07, 6.45) is 3.09. The average Bonchev–Trinajstić information content (AvgIpc) is 3.41. The van der Waals surface area contributed by atoms with E-state index in [1.165, 1.54) is 18.5 Å². The van der Waals surface area contributed by atoms with Crippen molar-refractivity contribution in [2.24, 2.45) is 0 Å². The lowest BCUT2D eigenvalue weighted by atomic mass is 10.1. The Morgan fingerprint density at radius 1 is 1.07 bits per heavy atom. The fourth-order valence-electron chi connectivity index (χ4n) is 2.84. The summed E-state index contributed by atoms with van der Waals surface area (Å²) in [5.74, 6) is 0.0681. The fourth-order valence-corrected chi connectivity index (χ4v) is 2.84. The molecule has 0 radical (unpaired) electrons. The quantitative estimate of drug-likeness (QED) is 0.568. The molecule has 6 nitrogen and oxygen atoms in total. The van der Waals surface area contributed by atoms with Gasteiger partial charge in [0, 0.05) is 5.56 Å². The van der Waals surface area contributed by atoms with Gasteiger partial charge in [0.1, 0.15) is 24.2 Å². The van der Waals surface area contributed by atoms with Gasteiger partial charge in [-0.15, -0.1) is 0 Å². The van der Waals surface area contributed by atoms with E-state index >= 15 is 0 Å². The Morgan fingerprint density at radius 3 is 2.50 bits per heavy atom. The van der Waals surface area contributed by atoms with Crippen molar-refractivity contribution in [1.82, 2.24) is 20.1 Å². The fraction of sp³-hybridized carbons (Fsp3) is 0.0952. The number of halogens is 1. The second kappa shape index (κ2) is 7.48. The molecule has 0 saturated carbocycles. The maximum absolute atomic E-state index is 13.0. The van der Waals surface area contributed by atoms with Gasteiger partial charge in [-0.25, -0.2) is 14.1 Å². The summed E-state index contributed by atoms with van der Waals surface area (Å²) in [5, 5.41) is 7.00. The number of hydrogen-bond donors (Lipinski definition) is 1. The molecule has 28 heavy (non-hydrogen) atoms. The van der Waals surface area contributed by atoms with Crippen molar-refractivity contribution in [3.05, 3.63) is 90.5 Å². The maximum atomic E-state index is 13.0. The molecule has 0 spiro atoms. The molecule has 0 aliphatic rings. The lowest BCUT2D eigenvalue weighted by Crippen LogP contribution is -2.26. The topological polar surface area (TPSA) is 73.0 Å². The van der Waals surface area contributed by atoms with Gasteiger partial charge in [-0.1, -0.05) is 12.1 Å². The van der Waals surface area contributed by atoms with Gasteiger partial charge in [-0.2, -0.15) is 5.10 Å². The molecule has 0 aliphatic heterocycles. The van der Waals surface area contributed by atoms with Gasteiger partial charge in [-0.05, 0) is 61.0 Å². The highest BCUT2D eigenvalue weighted by Crippen LogP contribution is 2.23. The first-order chi connectivity index (χ1) is 13.6. The Bertz CT molecular complexity index is 1070. The monoisotopic (exact) mass is 376 g/mol. The molecule has 1 atom stereocenters. The molecule has 0 fully saturated rings. The molecule has 1 N–H and O–H groups in total. The molecular weight excluding hydrogens is 359 g/mol. The van der Waals surface area contributed by atoms with Crippen LogP contribution in [0.25, 0.3) is 17.0 Å². The molecule has 0 saturated heterocycles. The maximum Gasteiger partial charge on any atom is 0.287 e. The van der Waals surface area contributed by atoms with Gasteiger partial charge in [0.25, 0.3) is 5.91 Å². The van der Waals surface area contributed by atoms with Crippen LogP contribution >= 0.6 is 0 Å². The first-order valence-electron chi connectivity index (χ1n) is 8.72. The molecule has 0 bridgehead atoms. The second-order valence-corrected chi connectivity index (χ2v) is 6.30. The zero-order chi connectivity index (χ0) is 19.5. The number of rotatable bonds is 5. The molecule has 7 heteroatoms. The normalized spacial score (nSPS) is 11.9. The molecule has 2 aromatic carbocycles. The number of benzene rings is 2. The SMILES string of the molecule is C[C@@H](NC(=O)c1ccc(-c2ccc(F)cc2)o1)c1ccc(-n2cncn2)cc1. The number of hydrogen-bond acceptors (Lipinski definition) is 4. The van der Waals surface area contributed by atoms with Crippen molar-refractivity contribution in [3.63, 3.8) is 0 Å². The van der Waals surface area contributed by atoms with Crippen LogP contribution < -0.4 is 5.32 Å². The molecule has 0 aliphatic carbocycles. The van der Waals surface area contributed by atoms with Crippen molar-refractivity contribution in [3.8, 4) is 17.0 Å². The predicted molar refractivity (Wildman–Crippen MR) is 101 cm³/mol. The summed E-state index contributed by atoms with van der Waals surface area (Å²) in [4.78, 5) is 16.4. The minimum absolute atomic E-state index is 0.199. The largest absolute Gasteiger partial charge is 0.451 e. The van der Waals surface area contributed by atoms with Crippen LogP contribution in [0.15, 0.2) is 77.7 Å². The molecule has 0 unspecified atom stereocenters. The van der Waals surface area contributed by atoms with Gasteiger partial charge >= 0.3 is 0 Å². The number of carbonyl (C=O) groups excluding carboxylic acids is 1. The van der Waals surface area contributed by atoms with Crippen molar-refractivity contribution in [2.45, 2.75) is 13.0 Å². The number of carbonyl (C=O) groups is 1. The Balaban J connectivity index is 1.44. The van der Waals surface area contributed by atoms with Gasteiger partial charge in [0.15, 0.2) is 5.76 Å². The van der Waals surface area contributed by atoms with Crippen LogP contribution in [0.2, 0.25) is 0 Å². The lowest BCUT2D eigenvalue weighted by Gasteiger charge is -2.14. The third-order valence-corrected chi connectivity index (χ3v) is 4.38. The summed E-state index contributed by atoms with van der Waals surface area (Å²) in [6.45, 7) is 1.90. The highest BCUT2D eigenvalue weighted by Gasteiger charge is 2.16. The van der Waals surface area contributed by atoms with Gasteiger partial charge in [0.2, 0.25) is 0 Å². The predicted octanol–water partition coefficient (Wildman–Crippen LogP) is 4.16. The van der Waals surface area contributed by atoms with Gasteiger partial charge in [-0.3, -0.25) is 4.79 Å². The van der Waals surface area contributed by atoms with Crippen molar-refractivity contribution >= 4 is 5.91 Å². The molecule has 140 valence electrons. The first kappa shape index (κ1) is 17.7. The summed E-state index contributed by atoms with van der Waals surface area (Å²) >= 11 is 0. The van der Waals surface area contributed by atoms with Crippen LogP contribution in [0.5, 0.6) is 0 Å². The van der Waals surface area contributed by atoms with E-state index in [1.54, 1.807) is 35.3 Å². The number of nitrogens with one attached hydrogen (secondary N) is 1. The molecular formula is C21H17FN4O2. The van der Waals surface area contributed by atoms with E-state index < -0.39 is 0 Å². The summed E-state index contributed by atoms with van der Waals surface area (Å²) in [6, 6.07) is 16.7. The number of amides is 1. The minimum Gasteiger partial charge on any atom is -0.451 e. The van der Waals surface area contributed by atoms with Gasteiger partial charge in [0.05, 0.1) is 11.7 Å². The Kier molecular flexibility index (Phi) is 4.72. The summed E-state index contributed by atoms with van der Waals surface area (Å²) < 4.78 is 20.3. The Hall–Kier alpha value is -3.74. The lowest BCUT2D eigenvalue weighted by molar-refractivity contribution is 0.0912. The van der Waals surface area contributed by atoms with E-state index in [2.05, 4.69) is 15.4 Å². The smallest absolute Gasteiger partial charge is 0.287 e. The standard InChI is InChI=1S/C21H17FN4O2/c1-14(15-4-8-18(9-5-15)26-13-23-12-24-26)25-21(27)20-11-10-19(28-20)16-2-6-17(22)7-3-16/h2-14H,1H3,(H,25,27)/t14-/m1/s1. The number of furan rings is 1. The van der Waals surface area contributed by atoms with E-state index in [0.717, 1.165) is 11.3 Å². The molecule has 2 aromatic heterocycles. The second-order valence-electron chi connectivity index (χ2n) is 6.30. The first-order valence-corrected chi connectivity index (χ1v) is 8.72. The van der Waals surface area contributed by atoms with Crippen LogP contribution in [-0.2, 0) is 0 Å². The number of nitrogens with zero attached hydrogens (tertiary/aromatic N) is 3. The molecule has 1 amide bonds. The van der Waals surface area contributed by atoms with E-state index in [1.807, 2.05) is 31.2 Å². The zero-order valence-corrected chi connectivity index (χ0v) is 15.0. The van der Waals surface area contributed by atoms with E-state index in [9.17, 15) is 9.18 Å². The molecule has 4 aromatic rings. The molecule has 2 heterocycles. The van der Waals surface area contributed by atoms with Gasteiger partial charge < -0.3 is 9.73 Å². The van der Waals surface area contributed by atoms with Crippen LogP contribution in [0.4, 0.5) is 4.39 Å². The summed E-state index contributed by atoms with van der Waals surface area (Å²) in [5.41, 5.74) is 2.54. The third-order valence-electron chi connectivity index (χ3n) is 4.38. The van der Waals surface area contributed by atoms with Crippen molar-refractivity contribution < 1.29 is 13.6 Å². The minimum atomic E-state index is -0.322. The highest BCUT2D eigenvalue weighted by atomic mass is 19.1. The highest BCUT2D eigenvalue weighted by molar-refractivity contribution is 5.92. The Labute approximate surface area is 160 Å². The van der Waals surface area contributed by atoms with Crippen molar-refractivity contribution in [1.29, 1.82) is 0 Å². The third kappa shape index (κ3) is 3.68. The van der Waals surface area contributed by atoms with Crippen molar-refractivity contribution in [2.75, 3.05) is 0 Å². The van der Waals surface area contributed by atoms with E-state index in [-0.39, 0.29) is 23.5 Å². The zero-order valence-electron chi connectivity index (χ0n) is 15.0. The van der Waals surface area contributed by atoms with E-state index in [0.29, 0.717) is 11.3 Å². The average molecular weight is 376 g/mol. The van der Waals surface area contributed by atoms with Crippen LogP contribution in [-0.4, -0.2) is 20.7 Å². The van der Waals surface area contributed by atoms with E-state index in [4.69, 9.17) is 4.42 Å². The van der Waals surface area contributed by atoms with Crippen LogP contribution in [0.3, 0.4) is 0 Å².